The Kier molecular flexibility index (Phi) is 4.33. The van der Waals surface area contributed by atoms with Crippen molar-refractivity contribution in [1.29, 1.82) is 0 Å². The maximum atomic E-state index is 5.41. The van der Waals surface area contributed by atoms with Crippen LogP contribution in [0.2, 0.25) is 0 Å². The van der Waals surface area contributed by atoms with Gasteiger partial charge in [0.15, 0.2) is 0 Å². The van der Waals surface area contributed by atoms with Crippen molar-refractivity contribution in [3.05, 3.63) is 18.2 Å². The van der Waals surface area contributed by atoms with Crippen LogP contribution in [0.25, 0.3) is 0 Å². The molecule has 0 fully saturated rings. The molecule has 8 heteroatoms. The Hall–Kier alpha value is -1.96. The van der Waals surface area contributed by atoms with Gasteiger partial charge in [0.25, 0.3) is 0 Å². The minimum Gasteiger partial charge on any atom is -0.460 e. The molecule has 0 aliphatic heterocycles. The molecule has 8 nitrogen and oxygen atoms in total. The van der Waals surface area contributed by atoms with E-state index in [0.29, 0.717) is 25.7 Å². The third-order valence-corrected chi connectivity index (χ3v) is 2.52. The van der Waals surface area contributed by atoms with Gasteiger partial charge in [-0.2, -0.15) is 4.98 Å². The molecule has 0 saturated heterocycles. The van der Waals surface area contributed by atoms with Crippen LogP contribution in [0, 0.1) is 0 Å². The molecule has 0 aliphatic rings. The molecule has 0 unspecified atom stereocenters. The van der Waals surface area contributed by atoms with E-state index in [1.165, 1.54) is 0 Å². The highest BCUT2D eigenvalue weighted by atomic mass is 16.5. The van der Waals surface area contributed by atoms with Crippen molar-refractivity contribution < 1.29 is 4.74 Å². The molecule has 0 radical (unpaired) electrons. The fourth-order valence-electron chi connectivity index (χ4n) is 1.50. The van der Waals surface area contributed by atoms with Crippen LogP contribution in [-0.2, 0) is 20.1 Å². The Bertz CT molecular complexity index is 540. The number of nitrogens with zero attached hydrogens (tertiary/aromatic N) is 6. The quantitative estimate of drug-likeness (QED) is 0.823. The topological polar surface area (TPSA) is 82.7 Å². The van der Waals surface area contributed by atoms with E-state index in [2.05, 4.69) is 46.5 Å². The van der Waals surface area contributed by atoms with E-state index in [-0.39, 0.29) is 5.54 Å². The number of aromatic nitrogens is 6. The van der Waals surface area contributed by atoms with Gasteiger partial charge in [-0.25, -0.2) is 4.68 Å². The summed E-state index contributed by atoms with van der Waals surface area (Å²) in [6.07, 6.45) is 3.51. The van der Waals surface area contributed by atoms with Crippen molar-refractivity contribution in [2.45, 2.75) is 39.4 Å². The fourth-order valence-corrected chi connectivity index (χ4v) is 1.50. The van der Waals surface area contributed by atoms with Crippen LogP contribution in [0.15, 0.2) is 12.5 Å². The Labute approximate surface area is 118 Å². The van der Waals surface area contributed by atoms with Gasteiger partial charge in [-0.1, -0.05) is 5.21 Å². The standard InChI is InChI=1S/C12H21N7O/c1-12(2,3)14-7-10-8-19(17-15-10)5-6-20-11-13-9-18(4)16-11/h8-9,14H,5-7H2,1-4H3. The molecule has 2 aromatic heterocycles. The maximum absolute atomic E-state index is 5.41. The molecular weight excluding hydrogens is 258 g/mol. The van der Waals surface area contributed by atoms with Crippen molar-refractivity contribution >= 4 is 0 Å². The van der Waals surface area contributed by atoms with Gasteiger partial charge in [0.1, 0.15) is 12.9 Å². The van der Waals surface area contributed by atoms with E-state index in [1.807, 2.05) is 6.20 Å². The second kappa shape index (κ2) is 6.00. The first-order valence-electron chi connectivity index (χ1n) is 6.55. The average molecular weight is 279 g/mol. The zero-order chi connectivity index (χ0) is 14.6. The second-order valence-electron chi connectivity index (χ2n) is 5.63. The molecule has 0 spiro atoms. The van der Waals surface area contributed by atoms with E-state index in [9.17, 15) is 0 Å². The summed E-state index contributed by atoms with van der Waals surface area (Å²) >= 11 is 0. The number of ether oxygens (including phenoxy) is 1. The highest BCUT2D eigenvalue weighted by Crippen LogP contribution is 2.02. The van der Waals surface area contributed by atoms with Crippen LogP contribution in [-0.4, -0.2) is 41.9 Å². The summed E-state index contributed by atoms with van der Waals surface area (Å²) < 4.78 is 8.76. The number of hydrogen-bond donors (Lipinski definition) is 1. The highest BCUT2D eigenvalue weighted by Gasteiger charge is 2.10. The SMILES string of the molecule is Cn1cnc(OCCn2cc(CNC(C)(C)C)nn2)n1. The summed E-state index contributed by atoms with van der Waals surface area (Å²) in [5.41, 5.74) is 0.980. The number of nitrogens with one attached hydrogen (secondary N) is 1. The lowest BCUT2D eigenvalue weighted by Crippen LogP contribution is -2.35. The molecule has 0 aliphatic carbocycles. The minimum atomic E-state index is 0.0670. The Balaban J connectivity index is 1.75. The molecule has 1 N–H and O–H groups in total. The van der Waals surface area contributed by atoms with Gasteiger partial charge in [0.2, 0.25) is 0 Å². The largest absolute Gasteiger partial charge is 0.460 e. The van der Waals surface area contributed by atoms with Gasteiger partial charge < -0.3 is 10.1 Å². The first-order chi connectivity index (χ1) is 9.42. The molecule has 0 saturated carbocycles. The van der Waals surface area contributed by atoms with Crippen molar-refractivity contribution in [2.75, 3.05) is 6.61 Å². The van der Waals surface area contributed by atoms with E-state index in [1.54, 1.807) is 22.7 Å². The van der Waals surface area contributed by atoms with Crippen molar-refractivity contribution in [2.24, 2.45) is 7.05 Å². The van der Waals surface area contributed by atoms with E-state index < -0.39 is 0 Å². The number of hydrogen-bond acceptors (Lipinski definition) is 6. The second-order valence-corrected chi connectivity index (χ2v) is 5.63. The van der Waals surface area contributed by atoms with Crippen LogP contribution in [0.1, 0.15) is 26.5 Å². The predicted molar refractivity (Wildman–Crippen MR) is 73.1 cm³/mol. The molecule has 110 valence electrons. The molecule has 20 heavy (non-hydrogen) atoms. The molecular formula is C12H21N7O. The summed E-state index contributed by atoms with van der Waals surface area (Å²) in [7, 11) is 1.80. The van der Waals surface area contributed by atoms with Crippen LogP contribution in [0.3, 0.4) is 0 Å². The van der Waals surface area contributed by atoms with Gasteiger partial charge in [0.05, 0.1) is 12.2 Å². The van der Waals surface area contributed by atoms with Gasteiger partial charge in [0, 0.05) is 25.3 Å². The van der Waals surface area contributed by atoms with Gasteiger partial charge in [-0.05, 0) is 20.8 Å². The van der Waals surface area contributed by atoms with Crippen LogP contribution in [0.4, 0.5) is 0 Å². The average Bonchev–Trinajstić information content (AvgIpc) is 2.95. The van der Waals surface area contributed by atoms with E-state index >= 15 is 0 Å². The van der Waals surface area contributed by atoms with Crippen molar-refractivity contribution in [3.8, 4) is 6.01 Å². The third-order valence-electron chi connectivity index (χ3n) is 2.52. The maximum Gasteiger partial charge on any atom is 0.335 e. The minimum absolute atomic E-state index is 0.0670. The highest BCUT2D eigenvalue weighted by molar-refractivity contribution is 4.93. The normalized spacial score (nSPS) is 11.8. The molecule has 0 bridgehead atoms. The zero-order valence-corrected chi connectivity index (χ0v) is 12.4. The summed E-state index contributed by atoms with van der Waals surface area (Å²) in [4.78, 5) is 3.98. The fraction of sp³-hybridized carbons (Fsp3) is 0.667. The Morgan fingerprint density at radius 2 is 2.15 bits per heavy atom. The summed E-state index contributed by atoms with van der Waals surface area (Å²) in [6.45, 7) is 8.12. The van der Waals surface area contributed by atoms with E-state index in [0.717, 1.165) is 5.69 Å². The molecule has 0 atom stereocenters. The van der Waals surface area contributed by atoms with Crippen LogP contribution < -0.4 is 10.1 Å². The summed E-state index contributed by atoms with van der Waals surface area (Å²) in [6, 6.07) is 0.377. The third kappa shape index (κ3) is 4.61. The molecule has 2 rings (SSSR count). The van der Waals surface area contributed by atoms with Gasteiger partial charge >= 0.3 is 6.01 Å². The predicted octanol–water partition coefficient (Wildman–Crippen LogP) is 0.374. The Morgan fingerprint density at radius 1 is 1.35 bits per heavy atom. The zero-order valence-electron chi connectivity index (χ0n) is 12.4. The first kappa shape index (κ1) is 14.4. The lowest BCUT2D eigenvalue weighted by atomic mass is 10.1. The number of aryl methyl sites for hydroxylation is 1. The monoisotopic (exact) mass is 279 g/mol. The van der Waals surface area contributed by atoms with Crippen LogP contribution >= 0.6 is 0 Å². The molecule has 2 heterocycles. The van der Waals surface area contributed by atoms with Gasteiger partial charge in [-0.3, -0.25) is 4.68 Å². The molecule has 2 aromatic rings. The molecule has 0 amide bonds. The first-order valence-corrected chi connectivity index (χ1v) is 6.55. The van der Waals surface area contributed by atoms with Crippen molar-refractivity contribution in [3.63, 3.8) is 0 Å². The summed E-state index contributed by atoms with van der Waals surface area (Å²) in [5, 5.41) is 15.6. The van der Waals surface area contributed by atoms with Gasteiger partial charge in [-0.15, -0.1) is 10.2 Å². The van der Waals surface area contributed by atoms with E-state index in [4.69, 9.17) is 4.74 Å². The van der Waals surface area contributed by atoms with Crippen molar-refractivity contribution in [1.82, 2.24) is 35.1 Å². The lowest BCUT2D eigenvalue weighted by Gasteiger charge is -2.19. The smallest absolute Gasteiger partial charge is 0.335 e. The lowest BCUT2D eigenvalue weighted by molar-refractivity contribution is 0.268. The summed E-state index contributed by atoms with van der Waals surface area (Å²) in [5.74, 6) is 0. The van der Waals surface area contributed by atoms with Crippen LogP contribution in [0.5, 0.6) is 6.01 Å². The molecule has 0 aromatic carbocycles. The Morgan fingerprint density at radius 3 is 2.80 bits per heavy atom. The number of rotatable bonds is 6.